The molecule has 1 unspecified atom stereocenters. The van der Waals surface area contributed by atoms with Crippen LogP contribution in [0.25, 0.3) is 5.69 Å². The molecule has 0 spiro atoms. The number of aromatic nitrogens is 1. The van der Waals surface area contributed by atoms with Crippen LogP contribution in [0.3, 0.4) is 0 Å². The summed E-state index contributed by atoms with van der Waals surface area (Å²) in [6.45, 7) is 5.54. The number of benzene rings is 1. The Morgan fingerprint density at radius 1 is 1.31 bits per heavy atom. The first kappa shape index (κ1) is 17.8. The number of fused-ring (bicyclic) bond motifs is 3. The molecule has 0 bridgehead atoms. The predicted octanol–water partition coefficient (Wildman–Crippen LogP) is 2.88. The van der Waals surface area contributed by atoms with Gasteiger partial charge in [-0.25, -0.2) is 9.59 Å². The Bertz CT molecular complexity index is 887. The van der Waals surface area contributed by atoms with Crippen LogP contribution in [0, 0.1) is 6.92 Å². The fraction of sp³-hybridized carbons (Fsp3) is 0.368. The van der Waals surface area contributed by atoms with Crippen LogP contribution in [0.15, 0.2) is 24.3 Å². The fourth-order valence-electron chi connectivity index (χ4n) is 3.89. The number of nitrogens with two attached hydrogens (primary N) is 1. The van der Waals surface area contributed by atoms with Crippen molar-refractivity contribution in [1.29, 1.82) is 0 Å². The zero-order valence-electron chi connectivity index (χ0n) is 15.4. The number of rotatable bonds is 4. The highest BCUT2D eigenvalue weighted by molar-refractivity contribution is 5.70. The van der Waals surface area contributed by atoms with Crippen LogP contribution in [0.4, 0.5) is 9.59 Å². The molecule has 2 aromatic rings. The maximum absolute atomic E-state index is 11.9. The molecule has 0 saturated carbocycles. The largest absolute Gasteiger partial charge is 0.410 e. The Balaban J connectivity index is 2.23. The Labute approximate surface area is 152 Å². The number of amides is 2. The minimum absolute atomic E-state index is 0.654. The van der Waals surface area contributed by atoms with Crippen molar-refractivity contribution < 1.29 is 19.1 Å². The molecule has 0 fully saturated rings. The lowest BCUT2D eigenvalue weighted by Gasteiger charge is -2.29. The third-order valence-electron chi connectivity index (χ3n) is 4.80. The van der Waals surface area contributed by atoms with Gasteiger partial charge in [-0.2, -0.15) is 0 Å². The lowest BCUT2D eigenvalue weighted by Crippen LogP contribution is -2.40. The average Bonchev–Trinajstić information content (AvgIpc) is 3.06. The number of hydrogen-bond donors (Lipinski definition) is 2. The van der Waals surface area contributed by atoms with E-state index in [1.54, 1.807) is 6.92 Å². The number of alkyl carbamates (subject to hydrolysis) is 1. The Hall–Kier alpha value is -2.96. The number of carbonyl (C=O) groups excluding carboxylic acids is 2. The summed E-state index contributed by atoms with van der Waals surface area (Å²) in [6.07, 6.45) is -0.285. The van der Waals surface area contributed by atoms with Gasteiger partial charge in [-0.05, 0) is 30.5 Å². The maximum atomic E-state index is 11.9. The summed E-state index contributed by atoms with van der Waals surface area (Å²) < 4.78 is 12.9. The second-order valence-corrected chi connectivity index (χ2v) is 6.39. The van der Waals surface area contributed by atoms with Crippen molar-refractivity contribution in [2.45, 2.75) is 39.4 Å². The van der Waals surface area contributed by atoms with E-state index in [4.69, 9.17) is 15.2 Å². The van der Waals surface area contributed by atoms with E-state index in [1.807, 2.05) is 19.1 Å². The molecule has 3 N–H and O–H groups in total. The third kappa shape index (κ3) is 2.69. The molecule has 0 radical (unpaired) electrons. The fourth-order valence-corrected chi connectivity index (χ4v) is 3.89. The van der Waals surface area contributed by atoms with Gasteiger partial charge >= 0.3 is 12.2 Å². The zero-order chi connectivity index (χ0) is 19.1. The van der Waals surface area contributed by atoms with E-state index in [0.29, 0.717) is 12.0 Å². The molecule has 1 atom stereocenters. The van der Waals surface area contributed by atoms with E-state index in [9.17, 15) is 9.59 Å². The minimum atomic E-state index is -1.62. The SMILES string of the molecule is CCc1c(C)c(C(C)(OC(N)=O)OC(=O)NC)c2n1-c1ccccc1C2. The molecule has 3 rings (SSSR count). The topological polar surface area (TPSA) is 95.6 Å². The molecule has 1 aromatic heterocycles. The molecule has 1 aromatic carbocycles. The van der Waals surface area contributed by atoms with Gasteiger partial charge in [-0.3, -0.25) is 0 Å². The molecule has 1 aliphatic heterocycles. The van der Waals surface area contributed by atoms with E-state index in [0.717, 1.165) is 29.1 Å². The van der Waals surface area contributed by atoms with Crippen LogP contribution in [0.1, 0.15) is 41.9 Å². The Morgan fingerprint density at radius 2 is 2.00 bits per heavy atom. The van der Waals surface area contributed by atoms with Gasteiger partial charge in [0.15, 0.2) is 0 Å². The zero-order valence-corrected chi connectivity index (χ0v) is 15.4. The van der Waals surface area contributed by atoms with E-state index < -0.39 is 18.0 Å². The van der Waals surface area contributed by atoms with Crippen molar-refractivity contribution in [1.82, 2.24) is 9.88 Å². The highest BCUT2D eigenvalue weighted by Crippen LogP contribution is 2.42. The van der Waals surface area contributed by atoms with Gasteiger partial charge in [0.25, 0.3) is 5.79 Å². The van der Waals surface area contributed by atoms with E-state index in [1.165, 1.54) is 12.6 Å². The van der Waals surface area contributed by atoms with Crippen LogP contribution in [0.2, 0.25) is 0 Å². The summed E-state index contributed by atoms with van der Waals surface area (Å²) in [4.78, 5) is 23.5. The van der Waals surface area contributed by atoms with E-state index >= 15 is 0 Å². The summed E-state index contributed by atoms with van der Waals surface area (Å²) in [5.74, 6) is -1.62. The van der Waals surface area contributed by atoms with Gasteiger partial charge < -0.3 is 25.1 Å². The lowest BCUT2D eigenvalue weighted by atomic mass is 9.98. The first-order valence-corrected chi connectivity index (χ1v) is 8.53. The molecule has 7 nitrogen and oxygen atoms in total. The molecule has 2 amide bonds. The quantitative estimate of drug-likeness (QED) is 0.702. The van der Waals surface area contributed by atoms with Crippen molar-refractivity contribution in [2.75, 3.05) is 7.05 Å². The van der Waals surface area contributed by atoms with Crippen molar-refractivity contribution in [2.24, 2.45) is 5.73 Å². The molecule has 138 valence electrons. The minimum Gasteiger partial charge on any atom is -0.402 e. The van der Waals surface area contributed by atoms with Crippen LogP contribution < -0.4 is 11.1 Å². The van der Waals surface area contributed by atoms with Crippen molar-refractivity contribution >= 4 is 12.2 Å². The van der Waals surface area contributed by atoms with Crippen LogP contribution in [0.5, 0.6) is 0 Å². The lowest BCUT2D eigenvalue weighted by molar-refractivity contribution is -0.154. The summed E-state index contributed by atoms with van der Waals surface area (Å²) in [6, 6.07) is 8.10. The highest BCUT2D eigenvalue weighted by atomic mass is 16.7. The van der Waals surface area contributed by atoms with E-state index in [2.05, 4.69) is 28.9 Å². The Kier molecular flexibility index (Phi) is 4.39. The smallest absolute Gasteiger partial charge is 0.402 e. The molecule has 7 heteroatoms. The molecule has 2 heterocycles. The number of ether oxygens (including phenoxy) is 2. The van der Waals surface area contributed by atoms with Crippen molar-refractivity contribution in [3.8, 4) is 5.69 Å². The Morgan fingerprint density at radius 3 is 2.62 bits per heavy atom. The predicted molar refractivity (Wildman–Crippen MR) is 96.3 cm³/mol. The summed E-state index contributed by atoms with van der Waals surface area (Å²) in [7, 11) is 1.44. The number of para-hydroxylation sites is 1. The van der Waals surface area contributed by atoms with Crippen LogP contribution >= 0.6 is 0 Å². The van der Waals surface area contributed by atoms with Crippen molar-refractivity contribution in [3.63, 3.8) is 0 Å². The molecular weight excluding hydrogens is 334 g/mol. The van der Waals surface area contributed by atoms with Gasteiger partial charge in [0, 0.05) is 37.5 Å². The van der Waals surface area contributed by atoms with Gasteiger partial charge in [0.2, 0.25) is 0 Å². The standard InChI is InChI=1S/C19H23N3O4/c1-5-13-11(2)16(19(3,25-17(20)23)26-18(24)21-4)15-10-12-8-6-7-9-14(12)22(13)15/h6-9H,5,10H2,1-4H3,(H2,20,23)(H,21,24). The third-order valence-corrected chi connectivity index (χ3v) is 4.80. The molecular formula is C19H23N3O4. The van der Waals surface area contributed by atoms with Gasteiger partial charge in [-0.1, -0.05) is 25.1 Å². The summed E-state index contributed by atoms with van der Waals surface area (Å²) in [5.41, 5.74) is 11.1. The molecule has 26 heavy (non-hydrogen) atoms. The van der Waals surface area contributed by atoms with Crippen LogP contribution in [-0.2, 0) is 28.1 Å². The first-order valence-electron chi connectivity index (χ1n) is 8.53. The highest BCUT2D eigenvalue weighted by Gasteiger charge is 2.43. The van der Waals surface area contributed by atoms with E-state index in [-0.39, 0.29) is 0 Å². The van der Waals surface area contributed by atoms with Crippen molar-refractivity contribution in [3.05, 3.63) is 52.3 Å². The summed E-state index contributed by atoms with van der Waals surface area (Å²) in [5, 5.41) is 2.39. The number of hydrogen-bond acceptors (Lipinski definition) is 4. The van der Waals surface area contributed by atoms with Crippen LogP contribution in [-0.4, -0.2) is 23.8 Å². The number of primary amides is 1. The number of carbonyl (C=O) groups is 2. The second kappa shape index (κ2) is 6.40. The monoisotopic (exact) mass is 357 g/mol. The normalized spacial score (nSPS) is 14.2. The molecule has 1 aliphatic rings. The average molecular weight is 357 g/mol. The van der Waals surface area contributed by atoms with Gasteiger partial charge in [0.1, 0.15) is 0 Å². The molecule has 0 saturated heterocycles. The summed E-state index contributed by atoms with van der Waals surface area (Å²) >= 11 is 0. The first-order chi connectivity index (χ1) is 12.3. The second-order valence-electron chi connectivity index (χ2n) is 6.39. The van der Waals surface area contributed by atoms with Gasteiger partial charge in [-0.15, -0.1) is 0 Å². The molecule has 0 aliphatic carbocycles. The maximum Gasteiger partial charge on any atom is 0.410 e. The number of nitrogens with zero attached hydrogens (tertiary/aromatic N) is 1. The number of nitrogens with one attached hydrogen (secondary N) is 1. The van der Waals surface area contributed by atoms with Gasteiger partial charge in [0.05, 0.1) is 5.56 Å².